The Hall–Kier alpha value is -1.13. The zero-order chi connectivity index (χ0) is 11.7. The van der Waals surface area contributed by atoms with Gasteiger partial charge in [-0.15, -0.1) is 21.5 Å². The predicted molar refractivity (Wildman–Crippen MR) is 70.7 cm³/mol. The Balaban J connectivity index is 1.65. The van der Waals surface area contributed by atoms with Crippen LogP contribution in [-0.2, 0) is 19.4 Å². The lowest BCUT2D eigenvalue weighted by atomic mass is 10.2. The smallest absolute Gasteiger partial charge is 0.151 e. The van der Waals surface area contributed by atoms with Crippen LogP contribution in [0.25, 0.3) is 0 Å². The number of hydrogen-bond donors (Lipinski definition) is 1. The number of anilines is 1. The molecule has 3 rings (SSSR count). The maximum atomic E-state index is 5.68. The molecule has 1 aliphatic carbocycles. The number of nitrogens with one attached hydrogen (secondary N) is 1. The summed E-state index contributed by atoms with van der Waals surface area (Å²) in [5.41, 5.74) is 1.54. The number of halogens is 1. The molecule has 0 fully saturated rings. The number of thiophene rings is 1. The van der Waals surface area contributed by atoms with E-state index in [-0.39, 0.29) is 0 Å². The SMILES string of the molecule is Clc1ccc(NCc2cc3c(s2)CCC3)nn1. The van der Waals surface area contributed by atoms with E-state index in [2.05, 4.69) is 21.6 Å². The Morgan fingerprint density at radius 1 is 1.29 bits per heavy atom. The summed E-state index contributed by atoms with van der Waals surface area (Å²) in [5.74, 6) is 0.767. The molecule has 88 valence electrons. The zero-order valence-electron chi connectivity index (χ0n) is 9.24. The van der Waals surface area contributed by atoms with Crippen molar-refractivity contribution in [1.82, 2.24) is 10.2 Å². The van der Waals surface area contributed by atoms with Crippen molar-refractivity contribution in [2.45, 2.75) is 25.8 Å². The normalized spacial score (nSPS) is 13.7. The lowest BCUT2D eigenvalue weighted by molar-refractivity contribution is 0.913. The molecule has 0 radical (unpaired) electrons. The molecule has 0 aromatic carbocycles. The molecule has 0 amide bonds. The van der Waals surface area contributed by atoms with Gasteiger partial charge in [0.25, 0.3) is 0 Å². The molecule has 1 aliphatic rings. The molecule has 2 aromatic heterocycles. The first-order chi connectivity index (χ1) is 8.31. The first-order valence-electron chi connectivity index (χ1n) is 5.65. The topological polar surface area (TPSA) is 37.8 Å². The van der Waals surface area contributed by atoms with Gasteiger partial charge < -0.3 is 5.32 Å². The molecule has 0 saturated carbocycles. The first-order valence-corrected chi connectivity index (χ1v) is 6.84. The highest BCUT2D eigenvalue weighted by atomic mass is 35.5. The molecule has 0 atom stereocenters. The van der Waals surface area contributed by atoms with E-state index in [9.17, 15) is 0 Å². The van der Waals surface area contributed by atoms with Crippen LogP contribution in [0.3, 0.4) is 0 Å². The van der Waals surface area contributed by atoms with Gasteiger partial charge in [0, 0.05) is 9.75 Å². The fourth-order valence-corrected chi connectivity index (χ4v) is 3.37. The van der Waals surface area contributed by atoms with E-state index in [1.807, 2.05) is 17.4 Å². The van der Waals surface area contributed by atoms with Crippen molar-refractivity contribution in [3.05, 3.63) is 38.7 Å². The van der Waals surface area contributed by atoms with Crippen LogP contribution < -0.4 is 5.32 Å². The molecule has 0 bridgehead atoms. The molecule has 1 N–H and O–H groups in total. The summed E-state index contributed by atoms with van der Waals surface area (Å²) in [6, 6.07) is 5.89. The Morgan fingerprint density at radius 2 is 2.24 bits per heavy atom. The molecular weight excluding hydrogens is 254 g/mol. The van der Waals surface area contributed by atoms with Crippen molar-refractivity contribution in [1.29, 1.82) is 0 Å². The second-order valence-corrected chi connectivity index (χ2v) is 5.72. The Labute approximate surface area is 109 Å². The molecule has 0 saturated heterocycles. The van der Waals surface area contributed by atoms with Gasteiger partial charge in [0.1, 0.15) is 5.82 Å². The van der Waals surface area contributed by atoms with Gasteiger partial charge in [0.15, 0.2) is 5.15 Å². The summed E-state index contributed by atoms with van der Waals surface area (Å²) >= 11 is 7.59. The number of nitrogens with zero attached hydrogens (tertiary/aromatic N) is 2. The highest BCUT2D eigenvalue weighted by molar-refractivity contribution is 7.12. The van der Waals surface area contributed by atoms with E-state index >= 15 is 0 Å². The van der Waals surface area contributed by atoms with Crippen LogP contribution >= 0.6 is 22.9 Å². The van der Waals surface area contributed by atoms with Crippen molar-refractivity contribution in [2.24, 2.45) is 0 Å². The van der Waals surface area contributed by atoms with Crippen molar-refractivity contribution in [3.63, 3.8) is 0 Å². The summed E-state index contributed by atoms with van der Waals surface area (Å²) in [6.07, 6.45) is 3.81. The fourth-order valence-electron chi connectivity index (χ4n) is 2.07. The summed E-state index contributed by atoms with van der Waals surface area (Å²) in [5, 5.41) is 11.4. The molecule has 17 heavy (non-hydrogen) atoms. The highest BCUT2D eigenvalue weighted by Crippen LogP contribution is 2.30. The summed E-state index contributed by atoms with van der Waals surface area (Å²) in [6.45, 7) is 0.813. The second kappa shape index (κ2) is 4.63. The van der Waals surface area contributed by atoms with E-state index in [1.54, 1.807) is 10.9 Å². The predicted octanol–water partition coefficient (Wildman–Crippen LogP) is 3.29. The van der Waals surface area contributed by atoms with Gasteiger partial charge in [-0.2, -0.15) is 0 Å². The summed E-state index contributed by atoms with van der Waals surface area (Å²) in [4.78, 5) is 2.93. The van der Waals surface area contributed by atoms with Crippen LogP contribution in [-0.4, -0.2) is 10.2 Å². The van der Waals surface area contributed by atoms with Gasteiger partial charge in [0.2, 0.25) is 0 Å². The Morgan fingerprint density at radius 3 is 3.00 bits per heavy atom. The van der Waals surface area contributed by atoms with Crippen LogP contribution in [0, 0.1) is 0 Å². The average Bonchev–Trinajstić information content (AvgIpc) is 2.88. The van der Waals surface area contributed by atoms with Gasteiger partial charge >= 0.3 is 0 Å². The van der Waals surface area contributed by atoms with Gasteiger partial charge in [-0.05, 0) is 43.0 Å². The van der Waals surface area contributed by atoms with Crippen LogP contribution in [0.4, 0.5) is 5.82 Å². The number of aromatic nitrogens is 2. The lowest BCUT2D eigenvalue weighted by Crippen LogP contribution is -2.00. The third-order valence-corrected chi connectivity index (χ3v) is 4.31. The third kappa shape index (κ3) is 2.42. The molecule has 5 heteroatoms. The lowest BCUT2D eigenvalue weighted by Gasteiger charge is -2.02. The first kappa shape index (κ1) is 11.0. The Bertz CT molecular complexity index is 500. The monoisotopic (exact) mass is 265 g/mol. The van der Waals surface area contributed by atoms with E-state index in [1.165, 1.54) is 29.7 Å². The maximum Gasteiger partial charge on any atom is 0.151 e. The van der Waals surface area contributed by atoms with E-state index < -0.39 is 0 Å². The molecule has 0 aliphatic heterocycles. The van der Waals surface area contributed by atoms with Crippen LogP contribution in [0.1, 0.15) is 21.7 Å². The standard InChI is InChI=1S/C12H12ClN3S/c13-11-4-5-12(16-15-11)14-7-9-6-8-2-1-3-10(8)17-9/h4-6H,1-3,7H2,(H,14,16). The third-order valence-electron chi connectivity index (χ3n) is 2.87. The van der Waals surface area contributed by atoms with Gasteiger partial charge in [-0.1, -0.05) is 11.6 Å². The molecule has 2 heterocycles. The van der Waals surface area contributed by atoms with E-state index in [0.717, 1.165) is 12.4 Å². The largest absolute Gasteiger partial charge is 0.364 e. The number of fused-ring (bicyclic) bond motifs is 1. The van der Waals surface area contributed by atoms with Crippen molar-refractivity contribution in [3.8, 4) is 0 Å². The molecule has 0 spiro atoms. The van der Waals surface area contributed by atoms with Crippen molar-refractivity contribution < 1.29 is 0 Å². The molecule has 2 aromatic rings. The van der Waals surface area contributed by atoms with E-state index in [4.69, 9.17) is 11.6 Å². The van der Waals surface area contributed by atoms with Gasteiger partial charge in [-0.25, -0.2) is 0 Å². The minimum Gasteiger partial charge on any atom is -0.364 e. The van der Waals surface area contributed by atoms with Crippen LogP contribution in [0.2, 0.25) is 5.15 Å². The minimum atomic E-state index is 0.422. The number of aryl methyl sites for hydroxylation is 2. The van der Waals surface area contributed by atoms with Crippen LogP contribution in [0.5, 0.6) is 0 Å². The van der Waals surface area contributed by atoms with Crippen molar-refractivity contribution >= 4 is 28.8 Å². The fraction of sp³-hybridized carbons (Fsp3) is 0.333. The molecular formula is C12H12ClN3S. The summed E-state index contributed by atoms with van der Waals surface area (Å²) in [7, 11) is 0. The number of rotatable bonds is 3. The summed E-state index contributed by atoms with van der Waals surface area (Å²) < 4.78 is 0. The molecule has 3 nitrogen and oxygen atoms in total. The average molecular weight is 266 g/mol. The van der Waals surface area contributed by atoms with Gasteiger partial charge in [-0.3, -0.25) is 0 Å². The number of hydrogen-bond acceptors (Lipinski definition) is 4. The maximum absolute atomic E-state index is 5.68. The zero-order valence-corrected chi connectivity index (χ0v) is 10.8. The van der Waals surface area contributed by atoms with Crippen molar-refractivity contribution in [2.75, 3.05) is 5.32 Å². The Kier molecular flexibility index (Phi) is 2.99. The minimum absolute atomic E-state index is 0.422. The molecule has 0 unspecified atom stereocenters. The second-order valence-electron chi connectivity index (χ2n) is 4.11. The van der Waals surface area contributed by atoms with Crippen LogP contribution in [0.15, 0.2) is 18.2 Å². The van der Waals surface area contributed by atoms with E-state index in [0.29, 0.717) is 5.15 Å². The quantitative estimate of drug-likeness (QED) is 0.925. The highest BCUT2D eigenvalue weighted by Gasteiger charge is 2.14. The van der Waals surface area contributed by atoms with Gasteiger partial charge in [0.05, 0.1) is 6.54 Å².